The number of hydrogen-bond donors (Lipinski definition) is 0. The Hall–Kier alpha value is -16.9. The van der Waals surface area contributed by atoms with Crippen molar-refractivity contribution in [2.24, 2.45) is 0 Å². The fourth-order valence-corrected chi connectivity index (χ4v) is 17.5. The maximum Gasteiger partial charge on any atom is 0.187 e. The highest BCUT2D eigenvalue weighted by atomic mass is 19.2. The van der Waals surface area contributed by atoms with Gasteiger partial charge >= 0.3 is 0 Å². The van der Waals surface area contributed by atoms with Gasteiger partial charge in [-0.15, -0.1) is 0 Å². The second-order valence-electron chi connectivity index (χ2n) is 31.7. The molecule has 0 saturated carbocycles. The number of nitriles is 2. The van der Waals surface area contributed by atoms with Crippen molar-refractivity contribution in [2.75, 3.05) is 19.6 Å². The lowest BCUT2D eigenvalue weighted by atomic mass is 9.91. The molecule has 0 N–H and O–H groups in total. The average molecular weight is 1680 g/mol. The van der Waals surface area contributed by atoms with Crippen molar-refractivity contribution >= 4 is 144 Å². The van der Waals surface area contributed by atoms with E-state index in [9.17, 15) is 10.5 Å². The first-order valence-electron chi connectivity index (χ1n) is 41.0. The molecule has 0 aliphatic heterocycles. The molecule has 0 heterocycles. The van der Waals surface area contributed by atoms with Gasteiger partial charge in [-0.05, 0) is 214 Å². The van der Waals surface area contributed by atoms with Gasteiger partial charge in [-0.3, -0.25) is 0 Å². The number of rotatable bonds is 16. The quantitative estimate of drug-likeness (QED) is 0.0545. The van der Waals surface area contributed by atoms with E-state index in [4.69, 9.17) is 13.1 Å². The summed E-state index contributed by atoms with van der Waals surface area (Å²) in [7, 11) is 0. The fraction of sp³-hybridized carbons (Fsp3) is 0.0357. The Labute approximate surface area is 732 Å². The van der Waals surface area contributed by atoms with Crippen LogP contribution in [-0.2, 0) is 0 Å². The Morgan fingerprint density at radius 2 is 0.484 bits per heavy atom. The molecule has 0 amide bonds. The van der Waals surface area contributed by atoms with E-state index >= 15 is 35.1 Å². The van der Waals surface area contributed by atoms with Crippen LogP contribution in [0.25, 0.3) is 119 Å². The Bertz CT molecular complexity index is 7540. The molecule has 16 heteroatoms. The van der Waals surface area contributed by atoms with Gasteiger partial charge in [0.05, 0.1) is 81.9 Å². The number of anilines is 12. The molecule has 0 spiro atoms. The van der Waals surface area contributed by atoms with Crippen LogP contribution in [0.15, 0.2) is 340 Å². The Morgan fingerprint density at radius 1 is 0.234 bits per heavy atom. The van der Waals surface area contributed by atoms with E-state index in [2.05, 4.69) is 21.8 Å². The van der Waals surface area contributed by atoms with Crippen LogP contribution in [0, 0.1) is 110 Å². The molecule has 20 rings (SSSR count). The third-order valence-corrected chi connectivity index (χ3v) is 23.7. The van der Waals surface area contributed by atoms with Crippen LogP contribution < -0.4 is 19.6 Å². The Kier molecular flexibility index (Phi) is 20.9. The summed E-state index contributed by atoms with van der Waals surface area (Å²) in [6.07, 6.45) is 0. The second kappa shape index (κ2) is 33.0. The van der Waals surface area contributed by atoms with Crippen molar-refractivity contribution in [3.05, 3.63) is 442 Å². The molecule has 0 radical (unpaired) electrons. The van der Waals surface area contributed by atoms with E-state index < -0.39 is 46.5 Å². The normalized spacial score (nSPS) is 11.2. The lowest BCUT2D eigenvalue weighted by Crippen LogP contribution is -2.14. The summed E-state index contributed by atoms with van der Waals surface area (Å²) in [6.45, 7) is 22.9. The maximum absolute atomic E-state index is 16.5. The number of aryl methyl sites for hydroxylation is 4. The fourth-order valence-electron chi connectivity index (χ4n) is 17.5. The predicted molar refractivity (Wildman–Crippen MR) is 501 cm³/mol. The standard InChI is InChI=1S/2C56H34F4N4/c1-33-4-10-36(11-5-33)45-28-53(49(59)30-47(45)57)63(41-20-8-35(32-61)9-21-41)51-26-16-38-15-25-44-52(27-17-39-14-24-43(51)55(38)56(39)44)64(42-22-18-40(62-3)19-23-42)54-29-46(48(58)31-50(54)60)37-12-6-34(2)7-13-37;1-33-6-4-8-38(26-33)45-28-53(49(59)30-47(45)57)63(41-18-10-35(32-61)11-19-41)51-24-14-36-13-23-44-52(25-15-37-12-22-43(51)55(36)56(37)44)64(42-20-16-40(62-3)17-21-42)54-29-46(48(58)31-50(54)60)39-9-5-7-34(2)27-39/h2*4-31H,1-2H3. The number of benzene rings is 20. The van der Waals surface area contributed by atoms with E-state index in [0.717, 1.165) is 111 Å². The summed E-state index contributed by atoms with van der Waals surface area (Å²) in [5.41, 5.74) is 13.7. The number of halogens is 8. The Balaban J connectivity index is 0.000000167. The van der Waals surface area contributed by atoms with E-state index in [1.165, 1.54) is 24.3 Å². The van der Waals surface area contributed by atoms with Gasteiger partial charge in [-0.25, -0.2) is 44.8 Å². The van der Waals surface area contributed by atoms with E-state index in [0.29, 0.717) is 90.3 Å². The molecule has 0 aliphatic rings. The van der Waals surface area contributed by atoms with Crippen LogP contribution >= 0.6 is 0 Å². The van der Waals surface area contributed by atoms with Crippen molar-refractivity contribution in [3.8, 4) is 56.6 Å². The third-order valence-electron chi connectivity index (χ3n) is 23.7. The lowest BCUT2D eigenvalue weighted by Gasteiger charge is -2.30. The minimum atomic E-state index is -0.781. The monoisotopic (exact) mass is 1680 g/mol. The van der Waals surface area contributed by atoms with E-state index in [1.807, 2.05) is 185 Å². The molecule has 128 heavy (non-hydrogen) atoms. The maximum atomic E-state index is 16.5. The van der Waals surface area contributed by atoms with Crippen LogP contribution in [0.4, 0.5) is 115 Å². The molecule has 20 aromatic carbocycles. The summed E-state index contributed by atoms with van der Waals surface area (Å²) >= 11 is 0. The van der Waals surface area contributed by atoms with Gasteiger partial charge in [0.1, 0.15) is 46.5 Å². The van der Waals surface area contributed by atoms with Gasteiger partial charge in [0.15, 0.2) is 11.4 Å². The molecule has 0 fully saturated rings. The lowest BCUT2D eigenvalue weighted by molar-refractivity contribution is 0.586. The molecule has 0 bridgehead atoms. The van der Waals surface area contributed by atoms with Gasteiger partial charge in [-0.2, -0.15) is 10.5 Å². The topological polar surface area (TPSA) is 69.3 Å². The first-order valence-corrected chi connectivity index (χ1v) is 41.0. The van der Waals surface area contributed by atoms with Gasteiger partial charge in [-0.1, -0.05) is 216 Å². The minimum absolute atomic E-state index is 0.0996. The predicted octanol–water partition coefficient (Wildman–Crippen LogP) is 32.9. The largest absolute Gasteiger partial charge is 0.307 e. The summed E-state index contributed by atoms with van der Waals surface area (Å²) in [4.78, 5) is 14.1. The first kappa shape index (κ1) is 80.8. The highest BCUT2D eigenvalue weighted by Gasteiger charge is 2.31. The van der Waals surface area contributed by atoms with E-state index in [-0.39, 0.29) is 45.0 Å². The summed E-state index contributed by atoms with van der Waals surface area (Å²) < 4.78 is 129. The zero-order chi connectivity index (χ0) is 88.4. The highest BCUT2D eigenvalue weighted by Crippen LogP contribution is 2.54. The molecule has 0 unspecified atom stereocenters. The second-order valence-corrected chi connectivity index (χ2v) is 31.7. The summed E-state index contributed by atoms with van der Waals surface area (Å²) in [5, 5.41) is 29.3. The van der Waals surface area contributed by atoms with Crippen molar-refractivity contribution < 1.29 is 35.1 Å². The van der Waals surface area contributed by atoms with Crippen LogP contribution in [0.5, 0.6) is 0 Å². The molecule has 0 atom stereocenters. The molecule has 8 nitrogen and oxygen atoms in total. The zero-order valence-electron chi connectivity index (χ0n) is 68.9. The minimum Gasteiger partial charge on any atom is -0.307 e. The Morgan fingerprint density at radius 3 is 0.734 bits per heavy atom. The van der Waals surface area contributed by atoms with Gasteiger partial charge in [0, 0.05) is 90.8 Å². The van der Waals surface area contributed by atoms with Crippen LogP contribution in [0.3, 0.4) is 0 Å². The number of hydrogen-bond acceptors (Lipinski definition) is 6. The SMILES string of the molecule is [C-]#[N+]c1ccc(N(c2cc(-c3ccc(C)cc3)c(F)cc2F)c2ccc3ccc4c(N(c5ccc(C#N)cc5)c5cc(-c6ccc(C)cc6)c(F)cc5F)ccc5ccc2c3c54)cc1.[C-]#[N+]c1ccc(N(c2cc(-c3cccc(C)c3)c(F)cc2F)c2ccc3ccc4c(N(c5ccc(C#N)cc5)c5cc(-c6cccc(C)c6)c(F)cc5F)ccc5ccc2c3c54)cc1. The van der Waals surface area contributed by atoms with Crippen molar-refractivity contribution in [3.63, 3.8) is 0 Å². The van der Waals surface area contributed by atoms with Crippen molar-refractivity contribution in [2.45, 2.75) is 27.7 Å². The molecule has 612 valence electrons. The van der Waals surface area contributed by atoms with E-state index in [1.54, 1.807) is 153 Å². The molecular formula is C112H68F8N8. The third kappa shape index (κ3) is 14.6. The first-order chi connectivity index (χ1) is 62.2. The average Bonchev–Trinajstić information content (AvgIpc) is 0.720. The van der Waals surface area contributed by atoms with Gasteiger partial charge in [0.2, 0.25) is 0 Å². The van der Waals surface area contributed by atoms with Crippen molar-refractivity contribution in [1.29, 1.82) is 10.5 Å². The number of nitrogens with zero attached hydrogens (tertiary/aromatic N) is 8. The van der Waals surface area contributed by atoms with Crippen LogP contribution in [0.2, 0.25) is 0 Å². The molecule has 0 aromatic heterocycles. The summed E-state index contributed by atoms with van der Waals surface area (Å²) in [6, 6.07) is 102. The molecule has 20 aromatic rings. The molecule has 0 saturated heterocycles. The highest BCUT2D eigenvalue weighted by molar-refractivity contribution is 6.30. The molecular weight excluding hydrogens is 1610 g/mol. The van der Waals surface area contributed by atoms with Crippen LogP contribution in [0.1, 0.15) is 33.4 Å². The smallest absolute Gasteiger partial charge is 0.187 e. The van der Waals surface area contributed by atoms with Crippen LogP contribution in [-0.4, -0.2) is 0 Å². The van der Waals surface area contributed by atoms with Gasteiger partial charge < -0.3 is 19.6 Å². The van der Waals surface area contributed by atoms with Gasteiger partial charge in [0.25, 0.3) is 0 Å². The zero-order valence-corrected chi connectivity index (χ0v) is 68.9. The van der Waals surface area contributed by atoms with Crippen molar-refractivity contribution in [1.82, 2.24) is 0 Å². The summed E-state index contributed by atoms with van der Waals surface area (Å²) in [5.74, 6) is -5.92. The molecule has 0 aliphatic carbocycles.